The molecule has 1 unspecified atom stereocenters. The van der Waals surface area contributed by atoms with Crippen molar-refractivity contribution in [2.45, 2.75) is 46.1 Å². The van der Waals surface area contributed by atoms with E-state index in [-0.39, 0.29) is 11.4 Å². The summed E-state index contributed by atoms with van der Waals surface area (Å²) in [5.41, 5.74) is 1.18. The molecule has 0 aliphatic rings. The zero-order chi connectivity index (χ0) is 14.5. The van der Waals surface area contributed by atoms with Crippen LogP contribution in [-0.2, 0) is 6.42 Å². The summed E-state index contributed by atoms with van der Waals surface area (Å²) in [6, 6.07) is 5.21. The molecule has 0 spiro atoms. The lowest BCUT2D eigenvalue weighted by Crippen LogP contribution is -2.38. The van der Waals surface area contributed by atoms with Crippen LogP contribution in [0.15, 0.2) is 18.2 Å². The Labute approximate surface area is 116 Å². The molecule has 108 valence electrons. The Morgan fingerprint density at radius 3 is 2.53 bits per heavy atom. The van der Waals surface area contributed by atoms with Crippen molar-refractivity contribution in [2.24, 2.45) is 5.92 Å². The van der Waals surface area contributed by atoms with Gasteiger partial charge in [0.1, 0.15) is 0 Å². The lowest BCUT2D eigenvalue weighted by Gasteiger charge is -2.23. The Hall–Kier alpha value is -1.09. The van der Waals surface area contributed by atoms with Gasteiger partial charge in [0.05, 0.1) is 7.11 Å². The highest BCUT2D eigenvalue weighted by Crippen LogP contribution is 2.19. The highest BCUT2D eigenvalue weighted by Gasteiger charge is 2.11. The van der Waals surface area contributed by atoms with Gasteiger partial charge in [0.2, 0.25) is 0 Å². The molecule has 0 aliphatic carbocycles. The maximum Gasteiger partial charge on any atom is 0.165 e. The molecule has 0 aromatic heterocycles. The molecule has 0 bridgehead atoms. The Bertz CT molecular complexity index is 398. The highest BCUT2D eigenvalue weighted by atomic mass is 19.1. The van der Waals surface area contributed by atoms with Crippen molar-refractivity contribution in [1.29, 1.82) is 0 Å². The fourth-order valence-corrected chi connectivity index (χ4v) is 1.86. The average Bonchev–Trinajstić information content (AvgIpc) is 2.33. The minimum atomic E-state index is -0.277. The van der Waals surface area contributed by atoms with Crippen molar-refractivity contribution in [3.8, 4) is 5.75 Å². The molecule has 1 N–H and O–H groups in total. The van der Waals surface area contributed by atoms with E-state index >= 15 is 0 Å². The van der Waals surface area contributed by atoms with Gasteiger partial charge in [-0.3, -0.25) is 0 Å². The number of ether oxygens (including phenoxy) is 1. The predicted octanol–water partition coefficient (Wildman–Crippen LogP) is 3.79. The highest BCUT2D eigenvalue weighted by molar-refractivity contribution is 5.29. The van der Waals surface area contributed by atoms with Gasteiger partial charge in [-0.25, -0.2) is 4.39 Å². The molecule has 0 aliphatic heterocycles. The summed E-state index contributed by atoms with van der Waals surface area (Å²) in [5.74, 6) is 0.607. The minimum Gasteiger partial charge on any atom is -0.494 e. The molecule has 0 saturated heterocycles. The van der Waals surface area contributed by atoms with Crippen LogP contribution < -0.4 is 10.1 Å². The van der Waals surface area contributed by atoms with Crippen LogP contribution in [0, 0.1) is 11.7 Å². The van der Waals surface area contributed by atoms with Gasteiger partial charge in [-0.05, 0) is 63.8 Å². The fraction of sp³-hybridized carbons (Fsp3) is 0.625. The molecule has 0 radical (unpaired) electrons. The van der Waals surface area contributed by atoms with E-state index in [0.717, 1.165) is 24.9 Å². The van der Waals surface area contributed by atoms with Gasteiger partial charge in [-0.2, -0.15) is 0 Å². The van der Waals surface area contributed by atoms with Gasteiger partial charge in [0.25, 0.3) is 0 Å². The Morgan fingerprint density at radius 2 is 2.00 bits per heavy atom. The molecule has 0 saturated carbocycles. The Morgan fingerprint density at radius 1 is 1.32 bits per heavy atom. The molecule has 0 heterocycles. The molecule has 1 aromatic carbocycles. The molecule has 3 heteroatoms. The van der Waals surface area contributed by atoms with Gasteiger partial charge in [0.15, 0.2) is 11.6 Å². The summed E-state index contributed by atoms with van der Waals surface area (Å²) < 4.78 is 18.5. The smallest absolute Gasteiger partial charge is 0.165 e. The first-order valence-corrected chi connectivity index (χ1v) is 6.89. The van der Waals surface area contributed by atoms with E-state index in [4.69, 9.17) is 4.74 Å². The largest absolute Gasteiger partial charge is 0.494 e. The first-order chi connectivity index (χ1) is 8.81. The first-order valence-electron chi connectivity index (χ1n) is 6.89. The summed E-state index contributed by atoms with van der Waals surface area (Å²) in [7, 11) is 1.48. The van der Waals surface area contributed by atoms with Gasteiger partial charge < -0.3 is 10.1 Å². The quantitative estimate of drug-likeness (QED) is 0.846. The zero-order valence-electron chi connectivity index (χ0n) is 12.7. The van der Waals surface area contributed by atoms with Crippen LogP contribution in [-0.4, -0.2) is 19.2 Å². The number of nitrogens with one attached hydrogen (secondary N) is 1. The van der Waals surface area contributed by atoms with Crippen LogP contribution in [0.1, 0.15) is 39.7 Å². The normalized spacial score (nSPS) is 13.4. The second kappa shape index (κ2) is 6.90. The van der Waals surface area contributed by atoms with E-state index in [1.165, 1.54) is 7.11 Å². The molecule has 0 amide bonds. The zero-order valence-corrected chi connectivity index (χ0v) is 12.7. The van der Waals surface area contributed by atoms with E-state index < -0.39 is 0 Å². The van der Waals surface area contributed by atoms with E-state index in [1.54, 1.807) is 12.1 Å². The van der Waals surface area contributed by atoms with Crippen molar-refractivity contribution < 1.29 is 9.13 Å². The van der Waals surface area contributed by atoms with Crippen molar-refractivity contribution in [2.75, 3.05) is 13.7 Å². The summed E-state index contributed by atoms with van der Waals surface area (Å²) in [6.07, 6.45) is 1.95. The summed E-state index contributed by atoms with van der Waals surface area (Å²) in [5, 5.41) is 3.49. The molecular weight excluding hydrogens is 241 g/mol. The third-order valence-electron chi connectivity index (χ3n) is 3.12. The van der Waals surface area contributed by atoms with Crippen molar-refractivity contribution in [3.63, 3.8) is 0 Å². The van der Waals surface area contributed by atoms with E-state index in [1.807, 2.05) is 6.07 Å². The Kier molecular flexibility index (Phi) is 5.80. The number of hydrogen-bond donors (Lipinski definition) is 1. The second-order valence-corrected chi connectivity index (χ2v) is 6.24. The van der Waals surface area contributed by atoms with Gasteiger partial charge >= 0.3 is 0 Å². The average molecular weight is 267 g/mol. The summed E-state index contributed by atoms with van der Waals surface area (Å²) in [6.45, 7) is 9.70. The monoisotopic (exact) mass is 267 g/mol. The predicted molar refractivity (Wildman–Crippen MR) is 78.2 cm³/mol. The Balaban J connectivity index is 2.42. The molecule has 0 fully saturated rings. The second-order valence-electron chi connectivity index (χ2n) is 6.24. The van der Waals surface area contributed by atoms with Crippen LogP contribution >= 0.6 is 0 Å². The van der Waals surface area contributed by atoms with E-state index in [2.05, 4.69) is 33.0 Å². The number of benzene rings is 1. The number of halogens is 1. The third kappa shape index (κ3) is 6.06. The van der Waals surface area contributed by atoms with Crippen molar-refractivity contribution in [3.05, 3.63) is 29.6 Å². The first kappa shape index (κ1) is 16.0. The number of methoxy groups -OCH3 is 1. The summed E-state index contributed by atoms with van der Waals surface area (Å²) in [4.78, 5) is 0. The maximum atomic E-state index is 13.5. The van der Waals surface area contributed by atoms with Crippen molar-refractivity contribution in [1.82, 2.24) is 5.32 Å². The van der Waals surface area contributed by atoms with Gasteiger partial charge in [-0.1, -0.05) is 13.0 Å². The molecule has 1 atom stereocenters. The van der Waals surface area contributed by atoms with Crippen LogP contribution in [0.25, 0.3) is 0 Å². The fourth-order valence-electron chi connectivity index (χ4n) is 1.86. The SMILES string of the molecule is COc1ccc(CCC(C)CNC(C)(C)C)cc1F. The van der Waals surface area contributed by atoms with E-state index in [0.29, 0.717) is 11.7 Å². The number of rotatable bonds is 6. The van der Waals surface area contributed by atoms with Crippen LogP contribution in [0.4, 0.5) is 4.39 Å². The van der Waals surface area contributed by atoms with Crippen LogP contribution in [0.3, 0.4) is 0 Å². The topological polar surface area (TPSA) is 21.3 Å². The number of aryl methyl sites for hydroxylation is 1. The molecule has 1 aromatic rings. The van der Waals surface area contributed by atoms with E-state index in [9.17, 15) is 4.39 Å². The van der Waals surface area contributed by atoms with Crippen LogP contribution in [0.5, 0.6) is 5.75 Å². The molecule has 19 heavy (non-hydrogen) atoms. The van der Waals surface area contributed by atoms with Crippen molar-refractivity contribution >= 4 is 0 Å². The maximum absolute atomic E-state index is 13.5. The molecular formula is C16H26FNO. The molecule has 2 nitrogen and oxygen atoms in total. The van der Waals surface area contributed by atoms with Crippen LogP contribution in [0.2, 0.25) is 0 Å². The summed E-state index contributed by atoms with van der Waals surface area (Å²) >= 11 is 0. The molecule has 1 rings (SSSR count). The van der Waals surface area contributed by atoms with Gasteiger partial charge in [-0.15, -0.1) is 0 Å². The lowest BCUT2D eigenvalue weighted by molar-refractivity contribution is 0.372. The number of hydrogen-bond acceptors (Lipinski definition) is 2. The standard InChI is InChI=1S/C16H26FNO/c1-12(11-18-16(2,3)4)6-7-13-8-9-15(19-5)14(17)10-13/h8-10,12,18H,6-7,11H2,1-5H3. The van der Waals surface area contributed by atoms with Gasteiger partial charge in [0, 0.05) is 5.54 Å². The third-order valence-corrected chi connectivity index (χ3v) is 3.12. The minimum absolute atomic E-state index is 0.153. The lowest BCUT2D eigenvalue weighted by atomic mass is 9.99.